The maximum Gasteiger partial charge on any atom is 0.0465 e. The molecule has 0 unspecified atom stereocenters. The summed E-state index contributed by atoms with van der Waals surface area (Å²) in [7, 11) is 0. The first-order valence-corrected chi connectivity index (χ1v) is 24.5. The zero-order chi connectivity index (χ0) is 43.7. The van der Waals surface area contributed by atoms with Gasteiger partial charge in [0.15, 0.2) is 0 Å². The highest BCUT2D eigenvalue weighted by Crippen LogP contribution is 2.69. The Balaban J connectivity index is 0.856. The molecule has 66 heavy (non-hydrogen) atoms. The summed E-state index contributed by atoms with van der Waals surface area (Å²) in [6.45, 7) is 4.84. The van der Waals surface area contributed by atoms with Crippen LogP contribution in [0.3, 0.4) is 0 Å². The molecular weight excluding hydrogens is 795 g/mol. The van der Waals surface area contributed by atoms with Gasteiger partial charge in [-0.2, -0.15) is 0 Å². The lowest BCUT2D eigenvalue weighted by Gasteiger charge is -2.61. The predicted molar refractivity (Wildman–Crippen MR) is 276 cm³/mol. The Morgan fingerprint density at radius 2 is 0.894 bits per heavy atom. The fraction of sp³-hybridized carbons (Fsp3) is 0.200. The molecule has 0 aromatic heterocycles. The summed E-state index contributed by atoms with van der Waals surface area (Å²) in [6.07, 6.45) is 7.11. The van der Waals surface area contributed by atoms with Crippen LogP contribution in [0.2, 0.25) is 0 Å². The third-order valence-corrected chi connectivity index (χ3v) is 17.3. The monoisotopic (exact) mass is 847 g/mol. The second kappa shape index (κ2) is 14.3. The molecule has 0 atom stereocenters. The van der Waals surface area contributed by atoms with Gasteiger partial charge >= 0.3 is 0 Å². The van der Waals surface area contributed by atoms with E-state index in [0.29, 0.717) is 0 Å². The van der Waals surface area contributed by atoms with Gasteiger partial charge in [0.2, 0.25) is 0 Å². The van der Waals surface area contributed by atoms with Gasteiger partial charge in [0.1, 0.15) is 0 Å². The van der Waals surface area contributed by atoms with Crippen LogP contribution in [-0.2, 0) is 10.8 Å². The van der Waals surface area contributed by atoms with Crippen molar-refractivity contribution >= 4 is 27.8 Å². The Hall–Kier alpha value is -6.96. The lowest BCUT2D eigenvalue weighted by molar-refractivity contribution is -0.0399. The van der Waals surface area contributed by atoms with E-state index in [9.17, 15) is 0 Å². The summed E-state index contributed by atoms with van der Waals surface area (Å²) in [5.41, 5.74) is 22.8. The lowest BCUT2D eigenvalue weighted by atomic mass is 9.43. The number of anilines is 3. The number of hydrogen-bond donors (Lipinski definition) is 0. The largest absolute Gasteiger partial charge is 0.310 e. The van der Waals surface area contributed by atoms with Gasteiger partial charge in [-0.05, 0) is 193 Å². The molecule has 1 spiro atoms. The Morgan fingerprint density at radius 3 is 1.67 bits per heavy atom. The lowest BCUT2D eigenvalue weighted by Crippen LogP contribution is -2.55. The van der Waals surface area contributed by atoms with Gasteiger partial charge in [0.25, 0.3) is 0 Å². The molecule has 318 valence electrons. The van der Waals surface area contributed by atoms with E-state index in [4.69, 9.17) is 0 Å². The van der Waals surface area contributed by atoms with Crippen LogP contribution in [0.5, 0.6) is 0 Å². The number of benzene rings is 9. The van der Waals surface area contributed by atoms with Gasteiger partial charge in [-0.3, -0.25) is 0 Å². The first-order valence-electron chi connectivity index (χ1n) is 24.5. The maximum atomic E-state index is 2.65. The highest BCUT2D eigenvalue weighted by Gasteiger charge is 2.61. The molecule has 1 nitrogen and oxygen atoms in total. The van der Waals surface area contributed by atoms with Crippen molar-refractivity contribution in [1.29, 1.82) is 0 Å². The zero-order valence-corrected chi connectivity index (χ0v) is 37.8. The minimum atomic E-state index is -0.162. The summed E-state index contributed by atoms with van der Waals surface area (Å²) < 4.78 is 0. The molecule has 0 aliphatic heterocycles. The molecule has 15 rings (SSSR count). The van der Waals surface area contributed by atoms with Gasteiger partial charge in [0.05, 0.1) is 0 Å². The Labute approximate surface area is 389 Å². The molecule has 0 radical (unpaired) electrons. The summed E-state index contributed by atoms with van der Waals surface area (Å²) in [4.78, 5) is 2.44. The van der Waals surface area contributed by atoms with E-state index in [2.05, 4.69) is 219 Å². The van der Waals surface area contributed by atoms with E-state index in [0.717, 1.165) is 35.0 Å². The quantitative estimate of drug-likeness (QED) is 0.161. The fourth-order valence-electron chi connectivity index (χ4n) is 14.5. The Kier molecular flexibility index (Phi) is 8.29. The van der Waals surface area contributed by atoms with E-state index in [1.165, 1.54) is 115 Å². The third kappa shape index (κ3) is 5.53. The topological polar surface area (TPSA) is 3.24 Å². The Morgan fingerprint density at radius 1 is 0.348 bits per heavy atom. The molecule has 0 heterocycles. The molecule has 0 amide bonds. The van der Waals surface area contributed by atoms with Gasteiger partial charge in [-0.25, -0.2) is 0 Å². The van der Waals surface area contributed by atoms with E-state index < -0.39 is 0 Å². The first-order chi connectivity index (χ1) is 32.4. The number of fused-ring (bicyclic) bond motifs is 7. The van der Waals surface area contributed by atoms with Crippen LogP contribution in [-0.4, -0.2) is 0 Å². The molecule has 0 saturated heterocycles. The fourth-order valence-corrected chi connectivity index (χ4v) is 14.5. The molecule has 9 aromatic rings. The van der Waals surface area contributed by atoms with Crippen molar-refractivity contribution < 1.29 is 0 Å². The smallest absolute Gasteiger partial charge is 0.0465 e. The third-order valence-electron chi connectivity index (χ3n) is 17.3. The summed E-state index contributed by atoms with van der Waals surface area (Å²) in [6, 6.07) is 75.9. The van der Waals surface area contributed by atoms with E-state index in [1.54, 1.807) is 11.1 Å². The summed E-state index contributed by atoms with van der Waals surface area (Å²) in [5.74, 6) is 3.40. The molecule has 6 aliphatic carbocycles. The molecular formula is C65H53N. The number of nitrogens with zero attached hydrogens (tertiary/aromatic N) is 1. The van der Waals surface area contributed by atoms with Crippen LogP contribution in [0, 0.1) is 23.7 Å². The van der Waals surface area contributed by atoms with E-state index >= 15 is 0 Å². The second-order valence-electron chi connectivity index (χ2n) is 20.9. The summed E-state index contributed by atoms with van der Waals surface area (Å²) >= 11 is 0. The second-order valence-corrected chi connectivity index (χ2v) is 20.9. The van der Waals surface area contributed by atoms with Crippen LogP contribution in [0.1, 0.15) is 68.2 Å². The number of hydrogen-bond acceptors (Lipinski definition) is 1. The molecule has 4 bridgehead atoms. The van der Waals surface area contributed by atoms with Crippen LogP contribution in [0.4, 0.5) is 17.1 Å². The highest BCUT2D eigenvalue weighted by molar-refractivity contribution is 5.97. The van der Waals surface area contributed by atoms with Gasteiger partial charge < -0.3 is 4.90 Å². The minimum absolute atomic E-state index is 0.162. The minimum Gasteiger partial charge on any atom is -0.310 e. The zero-order valence-electron chi connectivity index (χ0n) is 37.8. The van der Waals surface area contributed by atoms with Gasteiger partial charge in [-0.1, -0.05) is 166 Å². The Bertz CT molecular complexity index is 3360. The SMILES string of the molecule is CC1(C)c2ccc(-c3ccc4c(c3)C3(c5ccccc5-4)C4CC5CC(C4)CC3C5)cc2-c2ccc(N(c3ccc(-c4ccccc4)cc3)c3ccc(-c4cccc5ccccc45)cc3)cc21. The molecule has 4 fully saturated rings. The van der Waals surface area contributed by atoms with Gasteiger partial charge in [-0.15, -0.1) is 0 Å². The van der Waals surface area contributed by atoms with Crippen molar-refractivity contribution in [3.8, 4) is 55.6 Å². The average Bonchev–Trinajstić information content (AvgIpc) is 3.78. The van der Waals surface area contributed by atoms with Crippen molar-refractivity contribution in [2.24, 2.45) is 23.7 Å². The van der Waals surface area contributed by atoms with Crippen molar-refractivity contribution in [3.63, 3.8) is 0 Å². The van der Waals surface area contributed by atoms with E-state index in [-0.39, 0.29) is 10.8 Å². The highest BCUT2D eigenvalue weighted by atomic mass is 15.1. The standard InChI is InChI=1S/C65H53N/c1-64(2)60-32-24-47(48-23-30-57-56-16-8-9-18-61(56)65(63(57)39-48)49-34-41-33-42(36-49)37-50(65)35-41)38-59(60)58-31-29-53(40-62(58)64)66(51-25-19-44(20-26-51)43-11-4-3-5-12-43)52-27-21-46(22-28-52)55-17-10-14-45-13-6-7-15-54(45)55/h3-32,38-42,49-50H,33-37H2,1-2H3. The van der Waals surface area contributed by atoms with Gasteiger partial charge in [0, 0.05) is 27.9 Å². The van der Waals surface area contributed by atoms with E-state index in [1.807, 2.05) is 0 Å². The number of rotatable bonds is 6. The average molecular weight is 848 g/mol. The molecule has 6 aliphatic rings. The summed E-state index contributed by atoms with van der Waals surface area (Å²) in [5, 5.41) is 2.54. The van der Waals surface area contributed by atoms with Crippen molar-refractivity contribution in [2.45, 2.75) is 56.8 Å². The van der Waals surface area contributed by atoms with Crippen molar-refractivity contribution in [1.82, 2.24) is 0 Å². The van der Waals surface area contributed by atoms with Crippen LogP contribution < -0.4 is 4.90 Å². The maximum absolute atomic E-state index is 2.65. The molecule has 1 heteroatoms. The molecule has 0 N–H and O–H groups in total. The van der Waals surface area contributed by atoms with Crippen molar-refractivity contribution in [3.05, 3.63) is 222 Å². The van der Waals surface area contributed by atoms with Crippen LogP contribution in [0.25, 0.3) is 66.4 Å². The first kappa shape index (κ1) is 38.3. The van der Waals surface area contributed by atoms with Crippen molar-refractivity contribution in [2.75, 3.05) is 4.90 Å². The normalized spacial score (nSPS) is 22.3. The van der Waals surface area contributed by atoms with Crippen LogP contribution >= 0.6 is 0 Å². The molecule has 4 saturated carbocycles. The molecule has 9 aromatic carbocycles. The predicted octanol–water partition coefficient (Wildman–Crippen LogP) is 17.3. The van der Waals surface area contributed by atoms with Crippen LogP contribution in [0.15, 0.2) is 200 Å².